The van der Waals surface area contributed by atoms with Crippen molar-refractivity contribution in [1.29, 1.82) is 0 Å². The number of ether oxygens (including phenoxy) is 2. The fraction of sp³-hybridized carbons (Fsp3) is 0.684. The summed E-state index contributed by atoms with van der Waals surface area (Å²) in [5.41, 5.74) is 0. The molecule has 0 atom stereocenters. The molecule has 1 aliphatic heterocycles. The van der Waals surface area contributed by atoms with Crippen LogP contribution in [0.3, 0.4) is 0 Å². The van der Waals surface area contributed by atoms with Crippen molar-refractivity contribution >= 4 is 12.4 Å². The Kier molecular flexibility index (Phi) is 10.9. The summed E-state index contributed by atoms with van der Waals surface area (Å²) in [6, 6.07) is 7.95. The van der Waals surface area contributed by atoms with Crippen LogP contribution in [0.2, 0.25) is 0 Å². The number of hydrogen-bond donors (Lipinski definition) is 1. The molecule has 1 aliphatic rings. The van der Waals surface area contributed by atoms with Crippen molar-refractivity contribution in [2.24, 2.45) is 5.92 Å². The van der Waals surface area contributed by atoms with Crippen molar-refractivity contribution in [3.05, 3.63) is 24.3 Å². The molecule has 1 heterocycles. The molecule has 0 aromatic heterocycles. The molecule has 2 rings (SSSR count). The van der Waals surface area contributed by atoms with E-state index in [0.29, 0.717) is 0 Å². The maximum absolute atomic E-state index is 5.85. The van der Waals surface area contributed by atoms with Gasteiger partial charge in [-0.3, -0.25) is 4.90 Å². The lowest BCUT2D eigenvalue weighted by molar-refractivity contribution is 0.154. The summed E-state index contributed by atoms with van der Waals surface area (Å²) in [6.45, 7) is 11.5. The van der Waals surface area contributed by atoms with Gasteiger partial charge in [-0.25, -0.2) is 0 Å². The third kappa shape index (κ3) is 7.73. The molecule has 1 aromatic rings. The smallest absolute Gasteiger partial charge is 0.119 e. The van der Waals surface area contributed by atoms with E-state index in [1.165, 1.54) is 32.5 Å². The second-order valence-electron chi connectivity index (χ2n) is 6.26. The topological polar surface area (TPSA) is 33.7 Å². The summed E-state index contributed by atoms with van der Waals surface area (Å²) in [4.78, 5) is 2.52. The minimum atomic E-state index is 0. The first-order chi connectivity index (χ1) is 11.3. The fourth-order valence-electron chi connectivity index (χ4n) is 2.91. The third-order valence-electron chi connectivity index (χ3n) is 4.36. The quantitative estimate of drug-likeness (QED) is 0.694. The molecule has 0 bridgehead atoms. The van der Waals surface area contributed by atoms with Crippen LogP contribution in [0.5, 0.6) is 11.5 Å². The van der Waals surface area contributed by atoms with Gasteiger partial charge in [0, 0.05) is 6.54 Å². The Labute approximate surface area is 153 Å². The number of likely N-dealkylation sites (tertiary alicyclic amines) is 1. The minimum Gasteiger partial charge on any atom is -0.494 e. The van der Waals surface area contributed by atoms with Gasteiger partial charge in [0.2, 0.25) is 0 Å². The van der Waals surface area contributed by atoms with Crippen LogP contribution in [-0.2, 0) is 0 Å². The van der Waals surface area contributed by atoms with Gasteiger partial charge in [0.25, 0.3) is 0 Å². The van der Waals surface area contributed by atoms with E-state index in [9.17, 15) is 0 Å². The first-order valence-electron chi connectivity index (χ1n) is 9.10. The molecule has 1 N–H and O–H groups in total. The number of piperidine rings is 1. The lowest BCUT2D eigenvalue weighted by Gasteiger charge is -2.31. The second kappa shape index (κ2) is 12.4. The van der Waals surface area contributed by atoms with Crippen molar-refractivity contribution < 1.29 is 9.47 Å². The third-order valence-corrected chi connectivity index (χ3v) is 4.36. The van der Waals surface area contributed by atoms with Gasteiger partial charge in [-0.1, -0.05) is 13.8 Å². The Balaban J connectivity index is 0.00000288. The summed E-state index contributed by atoms with van der Waals surface area (Å²) in [6.07, 6.45) is 3.64. The van der Waals surface area contributed by atoms with Crippen LogP contribution in [0, 0.1) is 5.92 Å². The van der Waals surface area contributed by atoms with E-state index in [4.69, 9.17) is 9.47 Å². The van der Waals surface area contributed by atoms with Gasteiger partial charge in [0.15, 0.2) is 0 Å². The van der Waals surface area contributed by atoms with E-state index in [1.807, 2.05) is 24.3 Å². The van der Waals surface area contributed by atoms with E-state index >= 15 is 0 Å². The number of benzene rings is 1. The summed E-state index contributed by atoms with van der Waals surface area (Å²) in [5.74, 6) is 2.70. The maximum Gasteiger partial charge on any atom is 0.119 e. The van der Waals surface area contributed by atoms with Crippen molar-refractivity contribution in [2.45, 2.75) is 33.1 Å². The van der Waals surface area contributed by atoms with Gasteiger partial charge < -0.3 is 14.8 Å². The van der Waals surface area contributed by atoms with E-state index in [0.717, 1.165) is 50.1 Å². The van der Waals surface area contributed by atoms with E-state index in [2.05, 4.69) is 24.1 Å². The Hall–Kier alpha value is -0.970. The summed E-state index contributed by atoms with van der Waals surface area (Å²) in [5, 5.41) is 3.46. The van der Waals surface area contributed by atoms with Crippen molar-refractivity contribution in [3.8, 4) is 11.5 Å². The number of rotatable bonds is 10. The van der Waals surface area contributed by atoms with Crippen LogP contribution in [0.15, 0.2) is 24.3 Å². The monoisotopic (exact) mass is 356 g/mol. The Morgan fingerprint density at radius 1 is 1.00 bits per heavy atom. The molecule has 0 radical (unpaired) electrons. The Morgan fingerprint density at radius 3 is 2.12 bits per heavy atom. The molecule has 1 fully saturated rings. The lowest BCUT2D eigenvalue weighted by atomic mass is 9.97. The number of halogens is 1. The Morgan fingerprint density at radius 2 is 1.58 bits per heavy atom. The van der Waals surface area contributed by atoms with Gasteiger partial charge in [-0.15, -0.1) is 12.4 Å². The standard InChI is InChI=1S/C19H32N2O2.ClH/c1-3-14-22-18-5-7-19(8-6-18)23-15-13-21-11-9-17(10-12-21)16-20-4-2;/h5-8,17,20H,3-4,9-16H2,1-2H3;1H. The highest BCUT2D eigenvalue weighted by Gasteiger charge is 2.18. The Bertz CT molecular complexity index is 420. The van der Waals surface area contributed by atoms with Crippen molar-refractivity contribution in [2.75, 3.05) is 45.9 Å². The van der Waals surface area contributed by atoms with Crippen LogP contribution >= 0.6 is 12.4 Å². The number of nitrogens with one attached hydrogen (secondary N) is 1. The van der Waals surface area contributed by atoms with Gasteiger partial charge in [-0.2, -0.15) is 0 Å². The number of nitrogens with zero attached hydrogens (tertiary/aromatic N) is 1. The van der Waals surface area contributed by atoms with Crippen LogP contribution < -0.4 is 14.8 Å². The second-order valence-corrected chi connectivity index (χ2v) is 6.26. The minimum absolute atomic E-state index is 0. The molecule has 0 unspecified atom stereocenters. The molecule has 1 saturated heterocycles. The zero-order valence-electron chi connectivity index (χ0n) is 15.1. The highest BCUT2D eigenvalue weighted by molar-refractivity contribution is 5.85. The average Bonchev–Trinajstić information content (AvgIpc) is 2.60. The van der Waals surface area contributed by atoms with E-state index < -0.39 is 0 Å². The molecule has 0 amide bonds. The maximum atomic E-state index is 5.85. The molecule has 0 saturated carbocycles. The summed E-state index contributed by atoms with van der Waals surface area (Å²) in [7, 11) is 0. The van der Waals surface area contributed by atoms with Crippen molar-refractivity contribution in [3.63, 3.8) is 0 Å². The molecule has 24 heavy (non-hydrogen) atoms. The number of hydrogen-bond acceptors (Lipinski definition) is 4. The van der Waals surface area contributed by atoms with Gasteiger partial charge in [0.05, 0.1) is 6.61 Å². The predicted molar refractivity (Wildman–Crippen MR) is 103 cm³/mol. The summed E-state index contributed by atoms with van der Waals surface area (Å²) < 4.78 is 11.4. The van der Waals surface area contributed by atoms with E-state index in [1.54, 1.807) is 0 Å². The first-order valence-corrected chi connectivity index (χ1v) is 9.10. The molecule has 5 heteroatoms. The molecule has 0 aliphatic carbocycles. The predicted octanol–water partition coefficient (Wildman–Crippen LogP) is 3.60. The molecule has 4 nitrogen and oxygen atoms in total. The largest absolute Gasteiger partial charge is 0.494 e. The van der Waals surface area contributed by atoms with Crippen LogP contribution in [0.25, 0.3) is 0 Å². The van der Waals surface area contributed by atoms with Crippen LogP contribution in [-0.4, -0.2) is 50.8 Å². The summed E-state index contributed by atoms with van der Waals surface area (Å²) >= 11 is 0. The first kappa shape index (κ1) is 21.1. The SMILES string of the molecule is CCCOc1ccc(OCCN2CCC(CNCC)CC2)cc1.Cl. The molecule has 1 aromatic carbocycles. The van der Waals surface area contributed by atoms with Gasteiger partial charge in [-0.05, 0) is 75.6 Å². The van der Waals surface area contributed by atoms with Crippen LogP contribution in [0.4, 0.5) is 0 Å². The van der Waals surface area contributed by atoms with E-state index in [-0.39, 0.29) is 12.4 Å². The van der Waals surface area contributed by atoms with Gasteiger partial charge >= 0.3 is 0 Å². The highest BCUT2D eigenvalue weighted by atomic mass is 35.5. The lowest BCUT2D eigenvalue weighted by Crippen LogP contribution is -2.39. The zero-order chi connectivity index (χ0) is 16.3. The van der Waals surface area contributed by atoms with Crippen molar-refractivity contribution in [1.82, 2.24) is 10.2 Å². The molecular formula is C19H33ClN2O2. The molecule has 138 valence electrons. The molecular weight excluding hydrogens is 324 g/mol. The molecule has 0 spiro atoms. The highest BCUT2D eigenvalue weighted by Crippen LogP contribution is 2.19. The van der Waals surface area contributed by atoms with Gasteiger partial charge in [0.1, 0.15) is 18.1 Å². The fourth-order valence-corrected chi connectivity index (χ4v) is 2.91. The van der Waals surface area contributed by atoms with Crippen LogP contribution in [0.1, 0.15) is 33.1 Å². The zero-order valence-corrected chi connectivity index (χ0v) is 15.9. The average molecular weight is 357 g/mol. The normalized spacial score (nSPS) is 15.8.